The molecule has 0 bridgehead atoms. The summed E-state index contributed by atoms with van der Waals surface area (Å²) in [6, 6.07) is 0. The number of aromatic nitrogens is 3. The van der Waals surface area contributed by atoms with Crippen LogP contribution in [0.4, 0.5) is 0 Å². The summed E-state index contributed by atoms with van der Waals surface area (Å²) in [6.45, 7) is 1.91. The van der Waals surface area contributed by atoms with E-state index in [0.717, 1.165) is 22.1 Å². The number of halogens is 1. The van der Waals surface area contributed by atoms with Crippen LogP contribution in [0.2, 0.25) is 0 Å². The number of unbranched alkanes of at least 4 members (excludes halogenated alkanes) is 1. The van der Waals surface area contributed by atoms with E-state index in [1.165, 1.54) is 12.8 Å². The maximum atomic E-state index is 4.19. The van der Waals surface area contributed by atoms with Crippen molar-refractivity contribution in [1.82, 2.24) is 15.2 Å². The van der Waals surface area contributed by atoms with Crippen LogP contribution in [-0.4, -0.2) is 26.3 Å². The number of aromatic amines is 1. The minimum atomic E-state index is 0.863. The minimum absolute atomic E-state index is 0.863. The zero-order valence-electron chi connectivity index (χ0n) is 7.01. The molecule has 0 atom stereocenters. The zero-order valence-corrected chi connectivity index (χ0v) is 9.41. The maximum Gasteiger partial charge on any atom is 0.208 e. The van der Waals surface area contributed by atoms with E-state index < -0.39 is 0 Å². The summed E-state index contributed by atoms with van der Waals surface area (Å²) >= 11 is 5.10. The van der Waals surface area contributed by atoms with Gasteiger partial charge in [-0.2, -0.15) is 0 Å². The highest BCUT2D eigenvalue weighted by atomic mass is 79.9. The van der Waals surface area contributed by atoms with Crippen molar-refractivity contribution in [3.05, 3.63) is 5.82 Å². The van der Waals surface area contributed by atoms with Crippen LogP contribution in [0.25, 0.3) is 0 Å². The van der Waals surface area contributed by atoms with Crippen molar-refractivity contribution in [2.24, 2.45) is 0 Å². The lowest BCUT2D eigenvalue weighted by molar-refractivity contribution is 0.904. The predicted molar refractivity (Wildman–Crippen MR) is 54.9 cm³/mol. The highest BCUT2D eigenvalue weighted by Gasteiger charge is 1.98. The van der Waals surface area contributed by atoms with Gasteiger partial charge in [-0.3, -0.25) is 5.10 Å². The molecular weight excluding hydrogens is 238 g/mol. The molecule has 1 rings (SSSR count). The van der Waals surface area contributed by atoms with E-state index in [0.29, 0.717) is 0 Å². The number of nitrogens with zero attached hydrogens (tertiary/aromatic N) is 2. The molecule has 0 spiro atoms. The summed E-state index contributed by atoms with van der Waals surface area (Å²) < 4.78 is 0. The van der Waals surface area contributed by atoms with Crippen LogP contribution in [0.15, 0.2) is 5.16 Å². The van der Waals surface area contributed by atoms with Gasteiger partial charge in [-0.15, -0.1) is 5.10 Å². The average Bonchev–Trinajstić information content (AvgIpc) is 2.45. The zero-order chi connectivity index (χ0) is 8.81. The number of thioether (sulfide) groups is 1. The Hall–Kier alpha value is -0.0300. The summed E-state index contributed by atoms with van der Waals surface area (Å²) in [4.78, 5) is 4.19. The van der Waals surface area contributed by atoms with Gasteiger partial charge in [-0.25, -0.2) is 4.98 Å². The lowest BCUT2D eigenvalue weighted by atomic mass is 10.4. The van der Waals surface area contributed by atoms with Gasteiger partial charge in [0, 0.05) is 11.1 Å². The SMILES string of the molecule is Cc1nc(SCCCCBr)n[nH]1. The Morgan fingerprint density at radius 2 is 2.33 bits per heavy atom. The second-order valence-electron chi connectivity index (χ2n) is 2.45. The summed E-state index contributed by atoms with van der Waals surface area (Å²) in [6.07, 6.45) is 2.43. The molecule has 3 nitrogen and oxygen atoms in total. The van der Waals surface area contributed by atoms with Crippen LogP contribution in [0.1, 0.15) is 18.7 Å². The third-order valence-corrected chi connectivity index (χ3v) is 2.83. The standard InChI is InChI=1S/C7H12BrN3S/c1-6-9-7(11-10-6)12-5-3-2-4-8/h2-5H2,1H3,(H,9,10,11). The molecule has 1 N–H and O–H groups in total. The molecule has 0 saturated carbocycles. The number of aryl methyl sites for hydroxylation is 1. The average molecular weight is 250 g/mol. The highest BCUT2D eigenvalue weighted by Crippen LogP contribution is 2.14. The van der Waals surface area contributed by atoms with Gasteiger partial charge in [0.25, 0.3) is 0 Å². The number of hydrogen-bond donors (Lipinski definition) is 1. The number of H-pyrrole nitrogens is 1. The molecule has 68 valence electrons. The summed E-state index contributed by atoms with van der Waals surface area (Å²) in [5.74, 6) is 1.99. The van der Waals surface area contributed by atoms with Gasteiger partial charge >= 0.3 is 0 Å². The predicted octanol–water partition coefficient (Wildman–Crippen LogP) is 2.38. The highest BCUT2D eigenvalue weighted by molar-refractivity contribution is 9.09. The molecule has 1 aromatic rings. The fraction of sp³-hybridized carbons (Fsp3) is 0.714. The minimum Gasteiger partial charge on any atom is -0.262 e. The molecule has 0 aliphatic rings. The Kier molecular flexibility index (Phi) is 4.68. The van der Waals surface area contributed by atoms with Crippen molar-refractivity contribution in [1.29, 1.82) is 0 Å². The summed E-state index contributed by atoms with van der Waals surface area (Å²) in [5.41, 5.74) is 0. The molecule has 5 heteroatoms. The molecule has 0 fully saturated rings. The van der Waals surface area contributed by atoms with Gasteiger partial charge in [-0.05, 0) is 19.8 Å². The molecule has 0 aliphatic heterocycles. The van der Waals surface area contributed by atoms with Gasteiger partial charge in [-0.1, -0.05) is 27.7 Å². The molecule has 12 heavy (non-hydrogen) atoms. The second kappa shape index (κ2) is 5.59. The van der Waals surface area contributed by atoms with Crippen LogP contribution < -0.4 is 0 Å². The first-order valence-electron chi connectivity index (χ1n) is 3.90. The quantitative estimate of drug-likeness (QED) is 0.495. The van der Waals surface area contributed by atoms with E-state index in [2.05, 4.69) is 31.1 Å². The lowest BCUT2D eigenvalue weighted by Gasteiger charge is -1.93. The lowest BCUT2D eigenvalue weighted by Crippen LogP contribution is -1.82. The van der Waals surface area contributed by atoms with E-state index in [1.807, 2.05) is 6.92 Å². The Balaban J connectivity index is 2.15. The summed E-state index contributed by atoms with van der Waals surface area (Å²) in [5, 5.41) is 8.79. The van der Waals surface area contributed by atoms with Crippen molar-refractivity contribution in [2.75, 3.05) is 11.1 Å². The topological polar surface area (TPSA) is 41.6 Å². The van der Waals surface area contributed by atoms with Crippen molar-refractivity contribution in [3.63, 3.8) is 0 Å². The van der Waals surface area contributed by atoms with Crippen LogP contribution in [0.5, 0.6) is 0 Å². The monoisotopic (exact) mass is 249 g/mol. The van der Waals surface area contributed by atoms with Crippen LogP contribution >= 0.6 is 27.7 Å². The fourth-order valence-corrected chi connectivity index (χ4v) is 1.99. The van der Waals surface area contributed by atoms with Crippen molar-refractivity contribution < 1.29 is 0 Å². The summed E-state index contributed by atoms with van der Waals surface area (Å²) in [7, 11) is 0. The molecule has 0 amide bonds. The Bertz CT molecular complexity index is 226. The number of hydrogen-bond acceptors (Lipinski definition) is 3. The van der Waals surface area contributed by atoms with E-state index in [1.54, 1.807) is 11.8 Å². The van der Waals surface area contributed by atoms with E-state index in [-0.39, 0.29) is 0 Å². The molecule has 0 aromatic carbocycles. The van der Waals surface area contributed by atoms with E-state index >= 15 is 0 Å². The van der Waals surface area contributed by atoms with Crippen molar-refractivity contribution in [2.45, 2.75) is 24.9 Å². The largest absolute Gasteiger partial charge is 0.262 e. The third-order valence-electron chi connectivity index (χ3n) is 1.34. The number of nitrogens with one attached hydrogen (secondary N) is 1. The van der Waals surface area contributed by atoms with Crippen molar-refractivity contribution in [3.8, 4) is 0 Å². The fourth-order valence-electron chi connectivity index (χ4n) is 0.747. The first-order chi connectivity index (χ1) is 5.83. The third kappa shape index (κ3) is 3.58. The second-order valence-corrected chi connectivity index (χ2v) is 4.30. The van der Waals surface area contributed by atoms with E-state index in [9.17, 15) is 0 Å². The van der Waals surface area contributed by atoms with E-state index in [4.69, 9.17) is 0 Å². The van der Waals surface area contributed by atoms with Gasteiger partial charge in [0.2, 0.25) is 5.16 Å². The smallest absolute Gasteiger partial charge is 0.208 e. The molecule has 0 saturated heterocycles. The number of alkyl halides is 1. The first kappa shape index (κ1) is 10.1. The molecule has 0 unspecified atom stereocenters. The maximum absolute atomic E-state index is 4.19. The van der Waals surface area contributed by atoms with Crippen LogP contribution in [0, 0.1) is 6.92 Å². The van der Waals surface area contributed by atoms with Gasteiger partial charge in [0.15, 0.2) is 0 Å². The molecule has 1 aromatic heterocycles. The first-order valence-corrected chi connectivity index (χ1v) is 6.01. The van der Waals surface area contributed by atoms with Gasteiger partial charge in [0.1, 0.15) is 5.82 Å². The molecule has 0 aliphatic carbocycles. The Morgan fingerprint density at radius 1 is 1.50 bits per heavy atom. The van der Waals surface area contributed by atoms with Crippen molar-refractivity contribution >= 4 is 27.7 Å². The van der Waals surface area contributed by atoms with Crippen LogP contribution in [0.3, 0.4) is 0 Å². The molecule has 1 heterocycles. The number of rotatable bonds is 5. The Morgan fingerprint density at radius 3 is 2.92 bits per heavy atom. The van der Waals surface area contributed by atoms with Gasteiger partial charge < -0.3 is 0 Å². The Labute approximate surface area is 84.9 Å². The normalized spacial score (nSPS) is 10.5. The van der Waals surface area contributed by atoms with Gasteiger partial charge in [0.05, 0.1) is 0 Å². The van der Waals surface area contributed by atoms with Crippen LogP contribution in [-0.2, 0) is 0 Å². The molecule has 0 radical (unpaired) electrons. The molecular formula is C7H12BrN3S.